The number of hydrogen-bond donors (Lipinski definition) is 1. The number of rotatable bonds is 3. The Kier molecular flexibility index (Phi) is 6.57. The molecule has 2 aliphatic rings. The Morgan fingerprint density at radius 1 is 0.929 bits per heavy atom. The van der Waals surface area contributed by atoms with E-state index in [9.17, 15) is 9.59 Å². The number of esters is 1. The lowest BCUT2D eigenvalue weighted by Gasteiger charge is -2.43. The predicted molar refractivity (Wildman–Crippen MR) is 109 cm³/mol. The summed E-state index contributed by atoms with van der Waals surface area (Å²) in [4.78, 5) is 26.5. The van der Waals surface area contributed by atoms with Crippen LogP contribution in [-0.2, 0) is 9.53 Å². The third-order valence-electron chi connectivity index (χ3n) is 5.18. The van der Waals surface area contributed by atoms with Crippen molar-refractivity contribution in [3.05, 3.63) is 30.3 Å². The van der Waals surface area contributed by atoms with Gasteiger partial charge in [0.25, 0.3) is 0 Å². The van der Waals surface area contributed by atoms with Gasteiger partial charge in [0.2, 0.25) is 0 Å². The quantitative estimate of drug-likeness (QED) is 0.807. The fourth-order valence-corrected chi connectivity index (χ4v) is 3.68. The molecule has 0 atom stereocenters. The molecular weight excluding hydrogens is 356 g/mol. The van der Waals surface area contributed by atoms with E-state index >= 15 is 0 Å². The molecule has 7 nitrogen and oxygen atoms in total. The molecule has 3 rings (SSSR count). The number of carbonyl (C=O) groups is 2. The molecule has 2 aliphatic heterocycles. The van der Waals surface area contributed by atoms with E-state index < -0.39 is 5.60 Å². The number of hydrazine groups is 1. The molecule has 2 saturated heterocycles. The number of anilines is 1. The smallest absolute Gasteiger partial charge is 0.321 e. The van der Waals surface area contributed by atoms with Crippen LogP contribution in [-0.4, -0.2) is 71.8 Å². The van der Waals surface area contributed by atoms with Gasteiger partial charge in [0.05, 0.1) is 5.92 Å². The first-order valence-electron chi connectivity index (χ1n) is 10.2. The first-order chi connectivity index (χ1) is 13.3. The summed E-state index contributed by atoms with van der Waals surface area (Å²) in [5.74, 6) is -0.0806. The van der Waals surface area contributed by atoms with E-state index in [0.29, 0.717) is 13.1 Å². The van der Waals surface area contributed by atoms with Crippen LogP contribution in [0, 0.1) is 5.92 Å². The van der Waals surface area contributed by atoms with Crippen LogP contribution in [0.4, 0.5) is 10.5 Å². The third kappa shape index (κ3) is 5.69. The van der Waals surface area contributed by atoms with E-state index in [1.165, 1.54) is 0 Å². The summed E-state index contributed by atoms with van der Waals surface area (Å²) >= 11 is 0. The molecule has 0 bridgehead atoms. The second-order valence-corrected chi connectivity index (χ2v) is 8.50. The molecule has 154 valence electrons. The van der Waals surface area contributed by atoms with Crippen molar-refractivity contribution < 1.29 is 14.3 Å². The molecule has 1 N–H and O–H groups in total. The topological polar surface area (TPSA) is 65.1 Å². The van der Waals surface area contributed by atoms with Crippen LogP contribution in [0.2, 0.25) is 0 Å². The van der Waals surface area contributed by atoms with Crippen LogP contribution in [0.1, 0.15) is 33.6 Å². The van der Waals surface area contributed by atoms with Crippen LogP contribution in [0.5, 0.6) is 0 Å². The highest BCUT2D eigenvalue weighted by Crippen LogP contribution is 2.23. The molecule has 2 heterocycles. The Balaban J connectivity index is 1.41. The summed E-state index contributed by atoms with van der Waals surface area (Å²) in [6, 6.07) is 9.49. The van der Waals surface area contributed by atoms with Gasteiger partial charge in [-0.15, -0.1) is 0 Å². The Bertz CT molecular complexity index is 658. The first kappa shape index (κ1) is 20.6. The summed E-state index contributed by atoms with van der Waals surface area (Å²) in [6.45, 7) is 10.5. The van der Waals surface area contributed by atoms with Crippen molar-refractivity contribution >= 4 is 17.7 Å². The van der Waals surface area contributed by atoms with Crippen molar-refractivity contribution in [3.63, 3.8) is 0 Å². The molecule has 0 aliphatic carbocycles. The summed E-state index contributed by atoms with van der Waals surface area (Å²) < 4.78 is 5.52. The standard InChI is InChI=1S/C21H32N4O3/c1-21(2,3)28-19(26)17-9-11-24(12-10-17)25-15-13-23(14-16-25)20(27)22-18-7-5-4-6-8-18/h4-8,17H,9-16H2,1-3H3,(H,22,27). The molecule has 0 unspecified atom stereocenters. The number of para-hydroxylation sites is 1. The molecule has 0 radical (unpaired) electrons. The maximum atomic E-state index is 12.4. The Morgan fingerprint density at radius 2 is 1.50 bits per heavy atom. The van der Waals surface area contributed by atoms with Gasteiger partial charge in [-0.1, -0.05) is 18.2 Å². The minimum absolute atomic E-state index is 0.00610. The van der Waals surface area contributed by atoms with E-state index in [2.05, 4.69) is 15.3 Å². The van der Waals surface area contributed by atoms with E-state index in [1.54, 1.807) is 0 Å². The number of nitrogens with one attached hydrogen (secondary N) is 1. The maximum absolute atomic E-state index is 12.4. The van der Waals surface area contributed by atoms with Gasteiger partial charge in [-0.05, 0) is 45.7 Å². The van der Waals surface area contributed by atoms with Crippen molar-refractivity contribution in [2.24, 2.45) is 5.92 Å². The Hall–Kier alpha value is -2.12. The van der Waals surface area contributed by atoms with Gasteiger partial charge in [-0.3, -0.25) is 4.79 Å². The van der Waals surface area contributed by atoms with Gasteiger partial charge >= 0.3 is 12.0 Å². The van der Waals surface area contributed by atoms with E-state index in [1.807, 2.05) is 56.0 Å². The van der Waals surface area contributed by atoms with Crippen LogP contribution < -0.4 is 5.32 Å². The number of amides is 2. The van der Waals surface area contributed by atoms with Crippen LogP contribution in [0.25, 0.3) is 0 Å². The monoisotopic (exact) mass is 388 g/mol. The normalized spacial score (nSPS) is 20.0. The number of piperidine rings is 1. The zero-order valence-electron chi connectivity index (χ0n) is 17.2. The highest BCUT2D eigenvalue weighted by molar-refractivity contribution is 5.89. The molecule has 2 amide bonds. The summed E-state index contributed by atoms with van der Waals surface area (Å²) in [5.41, 5.74) is 0.393. The SMILES string of the molecule is CC(C)(C)OC(=O)C1CCN(N2CCN(C(=O)Nc3ccccc3)CC2)CC1. The van der Waals surface area contributed by atoms with Gasteiger partial charge < -0.3 is 15.0 Å². The first-order valence-corrected chi connectivity index (χ1v) is 10.2. The molecule has 2 fully saturated rings. The number of hydrogen-bond acceptors (Lipinski definition) is 5. The number of piperazine rings is 1. The number of benzene rings is 1. The fourth-order valence-electron chi connectivity index (χ4n) is 3.68. The highest BCUT2D eigenvalue weighted by atomic mass is 16.6. The molecule has 7 heteroatoms. The van der Waals surface area contributed by atoms with Gasteiger partial charge in [-0.25, -0.2) is 14.8 Å². The molecule has 28 heavy (non-hydrogen) atoms. The average molecular weight is 389 g/mol. The minimum Gasteiger partial charge on any atom is -0.460 e. The lowest BCUT2D eigenvalue weighted by Crippen LogP contribution is -2.57. The van der Waals surface area contributed by atoms with Crippen LogP contribution in [0.15, 0.2) is 30.3 Å². The zero-order chi connectivity index (χ0) is 20.1. The van der Waals surface area contributed by atoms with Gasteiger partial charge in [0.1, 0.15) is 5.60 Å². The molecule has 1 aromatic rings. The summed E-state index contributed by atoms with van der Waals surface area (Å²) in [7, 11) is 0. The molecule has 0 aromatic heterocycles. The fraction of sp³-hybridized carbons (Fsp3) is 0.619. The number of ether oxygens (including phenoxy) is 1. The van der Waals surface area contributed by atoms with Crippen molar-refractivity contribution in [1.29, 1.82) is 0 Å². The highest BCUT2D eigenvalue weighted by Gasteiger charge is 2.32. The van der Waals surface area contributed by atoms with Crippen molar-refractivity contribution in [3.8, 4) is 0 Å². The maximum Gasteiger partial charge on any atom is 0.321 e. The zero-order valence-corrected chi connectivity index (χ0v) is 17.2. The predicted octanol–water partition coefficient (Wildman–Crippen LogP) is 2.80. The van der Waals surface area contributed by atoms with E-state index in [4.69, 9.17) is 4.74 Å². The summed E-state index contributed by atoms with van der Waals surface area (Å²) in [6.07, 6.45) is 1.65. The lowest BCUT2D eigenvalue weighted by atomic mass is 9.97. The Labute approximate surface area is 167 Å². The third-order valence-corrected chi connectivity index (χ3v) is 5.18. The molecule has 1 aromatic carbocycles. The molecule has 0 saturated carbocycles. The summed E-state index contributed by atoms with van der Waals surface area (Å²) in [5, 5.41) is 7.59. The van der Waals surface area contributed by atoms with Gasteiger partial charge in [0, 0.05) is 45.0 Å². The molecular formula is C21H32N4O3. The second-order valence-electron chi connectivity index (χ2n) is 8.50. The number of nitrogens with zero attached hydrogens (tertiary/aromatic N) is 3. The molecule has 0 spiro atoms. The minimum atomic E-state index is -0.426. The number of urea groups is 1. The van der Waals surface area contributed by atoms with Crippen molar-refractivity contribution in [2.45, 2.75) is 39.2 Å². The van der Waals surface area contributed by atoms with Gasteiger partial charge in [0.15, 0.2) is 0 Å². The number of carbonyl (C=O) groups excluding carboxylic acids is 2. The van der Waals surface area contributed by atoms with Crippen LogP contribution in [0.3, 0.4) is 0 Å². The van der Waals surface area contributed by atoms with E-state index in [-0.39, 0.29) is 17.9 Å². The van der Waals surface area contributed by atoms with E-state index in [0.717, 1.165) is 44.7 Å². The van der Waals surface area contributed by atoms with Crippen molar-refractivity contribution in [1.82, 2.24) is 14.9 Å². The lowest BCUT2D eigenvalue weighted by molar-refractivity contribution is -0.164. The average Bonchev–Trinajstić information content (AvgIpc) is 2.68. The largest absolute Gasteiger partial charge is 0.460 e. The van der Waals surface area contributed by atoms with Crippen molar-refractivity contribution in [2.75, 3.05) is 44.6 Å². The second kappa shape index (κ2) is 8.92. The van der Waals surface area contributed by atoms with Crippen LogP contribution >= 0.6 is 0 Å². The Morgan fingerprint density at radius 3 is 2.07 bits per heavy atom. The van der Waals surface area contributed by atoms with Gasteiger partial charge in [-0.2, -0.15) is 0 Å².